The molecule has 0 saturated heterocycles. The van der Waals surface area contributed by atoms with Gasteiger partial charge in [0.1, 0.15) is 0 Å². The van der Waals surface area contributed by atoms with E-state index in [9.17, 15) is 8.42 Å². The first-order valence-corrected chi connectivity index (χ1v) is 7.89. The molecule has 7 heteroatoms. The van der Waals surface area contributed by atoms with E-state index in [2.05, 4.69) is 9.97 Å². The fourth-order valence-electron chi connectivity index (χ4n) is 1.77. The second-order valence-electron chi connectivity index (χ2n) is 4.59. The molecule has 0 atom stereocenters. The second kappa shape index (κ2) is 6.75. The first kappa shape index (κ1) is 15.6. The Morgan fingerprint density at radius 2 is 1.86 bits per heavy atom. The summed E-state index contributed by atoms with van der Waals surface area (Å²) in [4.78, 5) is 7.82. The predicted octanol–water partition coefficient (Wildman–Crippen LogP) is 0.832. The van der Waals surface area contributed by atoms with Crippen molar-refractivity contribution in [1.29, 1.82) is 0 Å². The van der Waals surface area contributed by atoms with Crippen molar-refractivity contribution in [2.75, 3.05) is 13.6 Å². The van der Waals surface area contributed by atoms with Crippen LogP contribution in [0.25, 0.3) is 0 Å². The highest BCUT2D eigenvalue weighted by Gasteiger charge is 2.21. The molecular formula is C14H17N3O3S. The summed E-state index contributed by atoms with van der Waals surface area (Å²) < 4.78 is 26.0. The van der Waals surface area contributed by atoms with Gasteiger partial charge in [-0.1, -0.05) is 6.07 Å². The molecule has 0 fully saturated rings. The average molecular weight is 307 g/mol. The van der Waals surface area contributed by atoms with Crippen LogP contribution >= 0.6 is 0 Å². The van der Waals surface area contributed by atoms with Gasteiger partial charge in [-0.3, -0.25) is 4.98 Å². The van der Waals surface area contributed by atoms with E-state index < -0.39 is 10.0 Å². The molecule has 0 aliphatic rings. The van der Waals surface area contributed by atoms with Crippen LogP contribution in [0.1, 0.15) is 11.1 Å². The molecule has 0 aromatic carbocycles. The number of hydrogen-bond acceptors (Lipinski definition) is 5. The van der Waals surface area contributed by atoms with Crippen molar-refractivity contribution < 1.29 is 13.5 Å². The molecule has 0 bridgehead atoms. The molecule has 0 saturated carbocycles. The molecule has 6 nitrogen and oxygen atoms in total. The van der Waals surface area contributed by atoms with Gasteiger partial charge in [-0.15, -0.1) is 0 Å². The number of nitrogens with zero attached hydrogens (tertiary/aromatic N) is 3. The van der Waals surface area contributed by atoms with E-state index in [1.54, 1.807) is 18.5 Å². The van der Waals surface area contributed by atoms with Crippen molar-refractivity contribution >= 4 is 10.0 Å². The summed E-state index contributed by atoms with van der Waals surface area (Å²) in [6.07, 6.45) is 5.33. The lowest BCUT2D eigenvalue weighted by Gasteiger charge is -2.16. The fourth-order valence-corrected chi connectivity index (χ4v) is 2.85. The standard InChI is InChI=1S/C14H17N3O3S/c1-17(9-6-12-4-7-15-8-5-12)21(19,20)14-3-2-13(11-18)10-16-14/h2-5,7-8,10,18H,6,9,11H2,1H3. The monoisotopic (exact) mass is 307 g/mol. The Labute approximate surface area is 124 Å². The van der Waals surface area contributed by atoms with Gasteiger partial charge in [-0.25, -0.2) is 13.4 Å². The summed E-state index contributed by atoms with van der Waals surface area (Å²) >= 11 is 0. The van der Waals surface area contributed by atoms with E-state index in [0.717, 1.165) is 5.56 Å². The maximum absolute atomic E-state index is 12.3. The van der Waals surface area contributed by atoms with Gasteiger partial charge in [-0.05, 0) is 35.7 Å². The molecule has 2 rings (SSSR count). The SMILES string of the molecule is CN(CCc1ccncc1)S(=O)(=O)c1ccc(CO)cn1. The number of aromatic nitrogens is 2. The highest BCUT2D eigenvalue weighted by atomic mass is 32.2. The average Bonchev–Trinajstić information content (AvgIpc) is 2.53. The minimum absolute atomic E-state index is 0.0167. The smallest absolute Gasteiger partial charge is 0.260 e. The van der Waals surface area contributed by atoms with Crippen LogP contribution in [0.15, 0.2) is 47.9 Å². The molecule has 0 aliphatic heterocycles. The van der Waals surface area contributed by atoms with Crippen LogP contribution in [-0.4, -0.2) is 41.4 Å². The van der Waals surface area contributed by atoms with Crippen LogP contribution < -0.4 is 0 Å². The van der Waals surface area contributed by atoms with E-state index >= 15 is 0 Å². The summed E-state index contributed by atoms with van der Waals surface area (Å²) in [5.41, 5.74) is 1.60. The summed E-state index contributed by atoms with van der Waals surface area (Å²) in [5.74, 6) is 0. The Bertz CT molecular complexity index is 672. The Hall–Kier alpha value is -1.83. The number of pyridine rings is 2. The topological polar surface area (TPSA) is 83.4 Å². The Balaban J connectivity index is 2.07. The van der Waals surface area contributed by atoms with Crippen molar-refractivity contribution in [2.45, 2.75) is 18.1 Å². The molecule has 2 aromatic heterocycles. The van der Waals surface area contributed by atoms with E-state index in [-0.39, 0.29) is 11.6 Å². The van der Waals surface area contributed by atoms with Gasteiger partial charge in [0.05, 0.1) is 6.61 Å². The largest absolute Gasteiger partial charge is 0.392 e. The van der Waals surface area contributed by atoms with Crippen molar-refractivity contribution in [3.05, 3.63) is 54.0 Å². The fraction of sp³-hybridized carbons (Fsp3) is 0.286. The van der Waals surface area contributed by atoms with Gasteiger partial charge < -0.3 is 5.11 Å². The molecule has 0 amide bonds. The number of aliphatic hydroxyl groups is 1. The molecule has 112 valence electrons. The van der Waals surface area contributed by atoms with Gasteiger partial charge in [0, 0.05) is 32.2 Å². The number of hydrogen-bond donors (Lipinski definition) is 1. The van der Waals surface area contributed by atoms with Crippen LogP contribution in [0.3, 0.4) is 0 Å². The summed E-state index contributed by atoms with van der Waals surface area (Å²) in [6.45, 7) is 0.195. The van der Waals surface area contributed by atoms with E-state index in [1.807, 2.05) is 12.1 Å². The first-order valence-electron chi connectivity index (χ1n) is 6.45. The number of rotatable bonds is 6. The van der Waals surface area contributed by atoms with Crippen LogP contribution in [0.5, 0.6) is 0 Å². The number of aliphatic hydroxyl groups excluding tert-OH is 1. The lowest BCUT2D eigenvalue weighted by Crippen LogP contribution is -2.29. The van der Waals surface area contributed by atoms with Gasteiger partial charge in [0.15, 0.2) is 5.03 Å². The number of likely N-dealkylation sites (N-methyl/N-ethyl adjacent to an activating group) is 1. The Kier molecular flexibility index (Phi) is 5.00. The minimum atomic E-state index is -3.61. The first-order chi connectivity index (χ1) is 10.0. The van der Waals surface area contributed by atoms with Gasteiger partial charge in [0.25, 0.3) is 10.0 Å². The van der Waals surface area contributed by atoms with Gasteiger partial charge in [-0.2, -0.15) is 4.31 Å². The highest BCUT2D eigenvalue weighted by molar-refractivity contribution is 7.89. The van der Waals surface area contributed by atoms with Crippen molar-refractivity contribution in [3.8, 4) is 0 Å². The maximum Gasteiger partial charge on any atom is 0.260 e. The third-order valence-corrected chi connectivity index (χ3v) is 4.89. The zero-order chi connectivity index (χ0) is 15.3. The van der Waals surface area contributed by atoms with Crippen molar-refractivity contribution in [1.82, 2.24) is 14.3 Å². The van der Waals surface area contributed by atoms with E-state index in [4.69, 9.17) is 5.11 Å². The predicted molar refractivity (Wildman–Crippen MR) is 77.9 cm³/mol. The Morgan fingerprint density at radius 1 is 1.14 bits per heavy atom. The van der Waals surface area contributed by atoms with Crippen LogP contribution in [0, 0.1) is 0 Å². The van der Waals surface area contributed by atoms with Gasteiger partial charge >= 0.3 is 0 Å². The molecule has 1 N–H and O–H groups in total. The summed E-state index contributed by atoms with van der Waals surface area (Å²) in [7, 11) is -2.08. The molecule has 0 spiro atoms. The lowest BCUT2D eigenvalue weighted by atomic mass is 10.2. The van der Waals surface area contributed by atoms with E-state index in [0.29, 0.717) is 18.5 Å². The van der Waals surface area contributed by atoms with Crippen molar-refractivity contribution in [3.63, 3.8) is 0 Å². The molecular weight excluding hydrogens is 290 g/mol. The summed E-state index contributed by atoms with van der Waals surface area (Å²) in [6, 6.07) is 6.67. The van der Waals surface area contributed by atoms with Crippen molar-refractivity contribution in [2.24, 2.45) is 0 Å². The lowest BCUT2D eigenvalue weighted by molar-refractivity contribution is 0.281. The third-order valence-electron chi connectivity index (χ3n) is 3.12. The Morgan fingerprint density at radius 3 is 2.43 bits per heavy atom. The minimum Gasteiger partial charge on any atom is -0.392 e. The molecule has 0 unspecified atom stereocenters. The highest BCUT2D eigenvalue weighted by Crippen LogP contribution is 2.13. The number of sulfonamides is 1. The second-order valence-corrected chi connectivity index (χ2v) is 6.59. The van der Waals surface area contributed by atoms with E-state index in [1.165, 1.54) is 23.6 Å². The van der Waals surface area contributed by atoms with Gasteiger partial charge in [0.2, 0.25) is 0 Å². The molecule has 0 aliphatic carbocycles. The molecule has 21 heavy (non-hydrogen) atoms. The summed E-state index contributed by atoms with van der Waals surface area (Å²) in [5, 5.41) is 8.93. The van der Waals surface area contributed by atoms with Crippen LogP contribution in [0.2, 0.25) is 0 Å². The zero-order valence-corrected chi connectivity index (χ0v) is 12.5. The quantitative estimate of drug-likeness (QED) is 0.854. The normalized spacial score (nSPS) is 11.8. The third kappa shape index (κ3) is 3.84. The van der Waals surface area contributed by atoms with Crippen LogP contribution in [0.4, 0.5) is 0 Å². The molecule has 0 radical (unpaired) electrons. The maximum atomic E-state index is 12.3. The zero-order valence-electron chi connectivity index (χ0n) is 11.7. The molecule has 2 heterocycles. The molecule has 2 aromatic rings. The van der Waals surface area contributed by atoms with Crippen LogP contribution in [-0.2, 0) is 23.1 Å².